The fourth-order valence-corrected chi connectivity index (χ4v) is 2.61. The number of hydrogen-bond acceptors (Lipinski definition) is 4. The number of hydrogen-bond donors (Lipinski definition) is 0. The smallest absolute Gasteiger partial charge is 0.306 e. The topological polar surface area (TPSA) is 60.4 Å². The molecule has 0 saturated carbocycles. The van der Waals surface area contributed by atoms with E-state index in [9.17, 15) is 14.4 Å². The highest BCUT2D eigenvalue weighted by Gasteiger charge is 2.14. The molecule has 0 amide bonds. The predicted molar refractivity (Wildman–Crippen MR) is 94.4 cm³/mol. The van der Waals surface area contributed by atoms with Crippen LogP contribution in [-0.2, 0) is 9.53 Å². The molecule has 0 aliphatic carbocycles. The Bertz CT molecular complexity index is 756. The Balaban J connectivity index is 1.79. The molecule has 2 aromatic carbocycles. The second-order valence-corrected chi connectivity index (χ2v) is 6.28. The van der Waals surface area contributed by atoms with Crippen LogP contribution in [0.3, 0.4) is 0 Å². The summed E-state index contributed by atoms with van der Waals surface area (Å²) in [6, 6.07) is 13.3. The number of carbonyl (C=O) groups excluding carboxylic acids is 3. The van der Waals surface area contributed by atoms with Gasteiger partial charge in [0.2, 0.25) is 5.78 Å². The summed E-state index contributed by atoms with van der Waals surface area (Å²) >= 11 is 9.02. The van der Waals surface area contributed by atoms with E-state index in [1.807, 2.05) is 0 Å². The molecule has 0 bridgehead atoms. The zero-order valence-electron chi connectivity index (χ0n) is 12.6. The molecule has 0 aliphatic rings. The molecule has 0 radical (unpaired) electrons. The highest BCUT2D eigenvalue weighted by molar-refractivity contribution is 9.10. The van der Waals surface area contributed by atoms with E-state index in [2.05, 4.69) is 15.9 Å². The second kappa shape index (κ2) is 8.76. The Hall–Kier alpha value is -1.98. The van der Waals surface area contributed by atoms with Crippen molar-refractivity contribution in [2.45, 2.75) is 12.8 Å². The van der Waals surface area contributed by atoms with Gasteiger partial charge >= 0.3 is 5.97 Å². The first-order valence-electron chi connectivity index (χ1n) is 7.19. The van der Waals surface area contributed by atoms with Gasteiger partial charge in [0.05, 0.1) is 6.42 Å². The average molecular weight is 410 g/mol. The van der Waals surface area contributed by atoms with E-state index in [4.69, 9.17) is 16.3 Å². The molecule has 0 N–H and O–H groups in total. The fraction of sp³-hybridized carbons (Fsp3) is 0.167. The van der Waals surface area contributed by atoms with Gasteiger partial charge in [-0.05, 0) is 30.3 Å². The van der Waals surface area contributed by atoms with Crippen LogP contribution >= 0.6 is 27.5 Å². The van der Waals surface area contributed by atoms with E-state index >= 15 is 0 Å². The zero-order valence-corrected chi connectivity index (χ0v) is 15.0. The van der Waals surface area contributed by atoms with Crippen LogP contribution in [0.2, 0.25) is 5.02 Å². The summed E-state index contributed by atoms with van der Waals surface area (Å²) in [6.45, 7) is -0.351. The van der Waals surface area contributed by atoms with E-state index in [0.717, 1.165) is 0 Å². The number of Topliss-reactive ketones (excluding diaryl/α,β-unsaturated/α-hetero) is 2. The standard InChI is InChI=1S/C18H14BrClO4/c19-15-4-2-1-3-14(15)17(22)11-24-18(23)10-9-16(21)12-5-7-13(20)8-6-12/h1-8H,9-11H2. The normalized spacial score (nSPS) is 10.2. The van der Waals surface area contributed by atoms with Crippen LogP contribution in [-0.4, -0.2) is 24.1 Å². The van der Waals surface area contributed by atoms with Crippen molar-refractivity contribution in [3.63, 3.8) is 0 Å². The molecular formula is C18H14BrClO4. The van der Waals surface area contributed by atoms with Crippen molar-refractivity contribution in [1.82, 2.24) is 0 Å². The molecule has 0 spiro atoms. The number of halogens is 2. The summed E-state index contributed by atoms with van der Waals surface area (Å²) in [5.41, 5.74) is 0.930. The van der Waals surface area contributed by atoms with E-state index in [1.165, 1.54) is 0 Å². The molecule has 0 aromatic heterocycles. The lowest BCUT2D eigenvalue weighted by molar-refractivity contribution is -0.142. The van der Waals surface area contributed by atoms with Gasteiger partial charge in [0, 0.05) is 27.0 Å². The molecule has 124 valence electrons. The summed E-state index contributed by atoms with van der Waals surface area (Å²) in [7, 11) is 0. The van der Waals surface area contributed by atoms with Gasteiger partial charge in [0.1, 0.15) is 0 Å². The van der Waals surface area contributed by atoms with Crippen LogP contribution in [0.1, 0.15) is 33.6 Å². The lowest BCUT2D eigenvalue weighted by Gasteiger charge is -2.06. The summed E-state index contributed by atoms with van der Waals surface area (Å²) in [6.07, 6.45) is -0.0611. The highest BCUT2D eigenvalue weighted by Crippen LogP contribution is 2.16. The largest absolute Gasteiger partial charge is 0.457 e. The third-order valence-corrected chi connectivity index (χ3v) is 4.20. The minimum absolute atomic E-state index is 0.0175. The Morgan fingerprint density at radius 2 is 1.58 bits per heavy atom. The number of esters is 1. The Morgan fingerprint density at radius 3 is 2.25 bits per heavy atom. The molecule has 6 heteroatoms. The van der Waals surface area contributed by atoms with Crippen LogP contribution in [0.25, 0.3) is 0 Å². The van der Waals surface area contributed by atoms with Crippen LogP contribution in [0.5, 0.6) is 0 Å². The van der Waals surface area contributed by atoms with Crippen molar-refractivity contribution in [1.29, 1.82) is 0 Å². The van der Waals surface area contributed by atoms with Crippen LogP contribution in [0.4, 0.5) is 0 Å². The van der Waals surface area contributed by atoms with Crippen molar-refractivity contribution < 1.29 is 19.1 Å². The molecule has 24 heavy (non-hydrogen) atoms. The molecule has 0 saturated heterocycles. The Morgan fingerprint density at radius 1 is 0.917 bits per heavy atom. The maximum Gasteiger partial charge on any atom is 0.306 e. The maximum atomic E-state index is 12.0. The summed E-state index contributed by atoms with van der Waals surface area (Å²) in [5.74, 6) is -1.07. The van der Waals surface area contributed by atoms with Gasteiger partial charge in [-0.3, -0.25) is 14.4 Å². The minimum Gasteiger partial charge on any atom is -0.457 e. The first-order chi connectivity index (χ1) is 11.5. The average Bonchev–Trinajstić information content (AvgIpc) is 2.58. The molecule has 4 nitrogen and oxygen atoms in total. The number of ether oxygens (including phenoxy) is 1. The lowest BCUT2D eigenvalue weighted by atomic mass is 10.1. The zero-order chi connectivity index (χ0) is 17.5. The molecule has 0 atom stereocenters. The van der Waals surface area contributed by atoms with Crippen LogP contribution in [0.15, 0.2) is 53.0 Å². The molecule has 0 heterocycles. The number of rotatable bonds is 7. The molecule has 2 rings (SSSR count). The van der Waals surface area contributed by atoms with Gasteiger partial charge in [-0.2, -0.15) is 0 Å². The van der Waals surface area contributed by atoms with Crippen LogP contribution in [0, 0.1) is 0 Å². The number of benzene rings is 2. The van der Waals surface area contributed by atoms with E-state index in [0.29, 0.717) is 20.6 Å². The molecular weight excluding hydrogens is 396 g/mol. The van der Waals surface area contributed by atoms with Gasteiger partial charge in [0.25, 0.3) is 0 Å². The Kier molecular flexibility index (Phi) is 6.70. The summed E-state index contributed by atoms with van der Waals surface area (Å²) in [5, 5.41) is 0.538. The third kappa shape index (κ3) is 5.28. The molecule has 2 aromatic rings. The first-order valence-corrected chi connectivity index (χ1v) is 8.36. The summed E-state index contributed by atoms with van der Waals surface area (Å²) < 4.78 is 5.58. The van der Waals surface area contributed by atoms with Crippen molar-refractivity contribution in [2.24, 2.45) is 0 Å². The van der Waals surface area contributed by atoms with Gasteiger partial charge in [-0.25, -0.2) is 0 Å². The van der Waals surface area contributed by atoms with Gasteiger partial charge in [-0.1, -0.05) is 45.7 Å². The van der Waals surface area contributed by atoms with Crippen molar-refractivity contribution in [3.05, 3.63) is 69.2 Å². The number of ketones is 2. The summed E-state index contributed by atoms with van der Waals surface area (Å²) in [4.78, 5) is 35.6. The highest BCUT2D eigenvalue weighted by atomic mass is 79.9. The SMILES string of the molecule is O=C(CCC(=O)c1ccc(Cl)cc1)OCC(=O)c1ccccc1Br. The van der Waals surface area contributed by atoms with Crippen molar-refractivity contribution in [2.75, 3.05) is 6.61 Å². The van der Waals surface area contributed by atoms with Crippen molar-refractivity contribution in [3.8, 4) is 0 Å². The number of carbonyl (C=O) groups is 3. The second-order valence-electron chi connectivity index (χ2n) is 4.99. The molecule has 0 unspecified atom stereocenters. The van der Waals surface area contributed by atoms with Gasteiger partial charge < -0.3 is 4.74 Å². The Labute approximate surface area is 152 Å². The minimum atomic E-state index is -0.585. The van der Waals surface area contributed by atoms with Gasteiger partial charge in [-0.15, -0.1) is 0 Å². The third-order valence-electron chi connectivity index (χ3n) is 3.26. The predicted octanol–water partition coefficient (Wildman–Crippen LogP) is 4.49. The monoisotopic (exact) mass is 408 g/mol. The van der Waals surface area contributed by atoms with E-state index in [1.54, 1.807) is 48.5 Å². The van der Waals surface area contributed by atoms with Crippen LogP contribution < -0.4 is 0 Å². The van der Waals surface area contributed by atoms with Crippen molar-refractivity contribution >= 4 is 45.1 Å². The molecule has 0 aliphatic heterocycles. The van der Waals surface area contributed by atoms with E-state index < -0.39 is 5.97 Å². The quantitative estimate of drug-likeness (QED) is 0.499. The molecule has 0 fully saturated rings. The van der Waals surface area contributed by atoms with E-state index in [-0.39, 0.29) is 31.0 Å². The lowest BCUT2D eigenvalue weighted by Crippen LogP contribution is -2.15. The maximum absolute atomic E-state index is 12.0. The van der Waals surface area contributed by atoms with Gasteiger partial charge in [0.15, 0.2) is 12.4 Å². The first kappa shape index (κ1) is 18.4. The fourth-order valence-electron chi connectivity index (χ4n) is 1.98.